The van der Waals surface area contributed by atoms with Gasteiger partial charge in [0.05, 0.1) is 13.2 Å². The van der Waals surface area contributed by atoms with Gasteiger partial charge in [0.25, 0.3) is 0 Å². The maximum Gasteiger partial charge on any atom is 0.165 e. The lowest BCUT2D eigenvalue weighted by molar-refractivity contribution is 0.101. The molecule has 0 aliphatic carbocycles. The fourth-order valence-electron chi connectivity index (χ4n) is 2.66. The molecule has 3 N–H and O–H groups in total. The first-order valence-electron chi connectivity index (χ1n) is 7.15. The van der Waals surface area contributed by atoms with Crippen LogP contribution in [0.4, 0.5) is 4.39 Å². The molecule has 1 heterocycles. The predicted octanol–water partition coefficient (Wildman–Crippen LogP) is 2.69. The fraction of sp³-hybridized carbons (Fsp3) is 0.600. The number of rotatable bonds is 7. The maximum absolute atomic E-state index is 13.4. The van der Waals surface area contributed by atoms with Gasteiger partial charge >= 0.3 is 0 Å². The topological polar surface area (TPSA) is 56.5 Å². The molecule has 0 amide bonds. The Balaban J connectivity index is 1.89. The monoisotopic (exact) mass is 282 g/mol. The summed E-state index contributed by atoms with van der Waals surface area (Å²) in [7, 11) is 1.46. The number of hydrogen-bond acceptors (Lipinski definition) is 4. The first-order chi connectivity index (χ1) is 9.74. The number of benzene rings is 1. The molecule has 4 nitrogen and oxygen atoms in total. The molecule has 0 radical (unpaired) electrons. The molecule has 2 rings (SSSR count). The van der Waals surface area contributed by atoms with Crippen LogP contribution >= 0.6 is 0 Å². The van der Waals surface area contributed by atoms with Gasteiger partial charge in [0.15, 0.2) is 11.6 Å². The molecule has 1 aliphatic heterocycles. The lowest BCUT2D eigenvalue weighted by Gasteiger charge is -2.18. The minimum atomic E-state index is -0.355. The highest BCUT2D eigenvalue weighted by Gasteiger charge is 2.17. The molecular formula is C15H23FN2O2. The highest BCUT2D eigenvalue weighted by Crippen LogP contribution is 2.26. The van der Waals surface area contributed by atoms with Crippen LogP contribution in [-0.2, 0) is 4.74 Å². The van der Waals surface area contributed by atoms with E-state index in [1.54, 1.807) is 12.1 Å². The van der Waals surface area contributed by atoms with Crippen LogP contribution in [0.25, 0.3) is 0 Å². The Morgan fingerprint density at radius 1 is 1.55 bits per heavy atom. The van der Waals surface area contributed by atoms with Crippen molar-refractivity contribution in [2.75, 3.05) is 13.7 Å². The van der Waals surface area contributed by atoms with E-state index in [0.717, 1.165) is 37.9 Å². The molecule has 1 aromatic carbocycles. The van der Waals surface area contributed by atoms with Crippen LogP contribution in [0.5, 0.6) is 5.75 Å². The van der Waals surface area contributed by atoms with Crippen molar-refractivity contribution < 1.29 is 13.9 Å². The Labute approximate surface area is 119 Å². The van der Waals surface area contributed by atoms with Gasteiger partial charge in [-0.25, -0.2) is 4.39 Å². The number of hydrazine groups is 1. The molecule has 5 heteroatoms. The first kappa shape index (κ1) is 15.2. The molecule has 2 unspecified atom stereocenters. The van der Waals surface area contributed by atoms with Crippen LogP contribution in [0.3, 0.4) is 0 Å². The summed E-state index contributed by atoms with van der Waals surface area (Å²) in [6.07, 6.45) is 5.70. The molecule has 2 atom stereocenters. The van der Waals surface area contributed by atoms with Crippen molar-refractivity contribution in [1.29, 1.82) is 0 Å². The largest absolute Gasteiger partial charge is 0.494 e. The van der Waals surface area contributed by atoms with Crippen molar-refractivity contribution in [2.24, 2.45) is 5.84 Å². The van der Waals surface area contributed by atoms with Crippen molar-refractivity contribution in [1.82, 2.24) is 5.43 Å². The van der Waals surface area contributed by atoms with Gasteiger partial charge in [-0.15, -0.1) is 0 Å². The summed E-state index contributed by atoms with van der Waals surface area (Å²) in [5.41, 5.74) is 3.74. The van der Waals surface area contributed by atoms with Crippen molar-refractivity contribution in [3.63, 3.8) is 0 Å². The van der Waals surface area contributed by atoms with Gasteiger partial charge in [0.1, 0.15) is 0 Å². The predicted molar refractivity (Wildman–Crippen MR) is 75.8 cm³/mol. The van der Waals surface area contributed by atoms with Crippen LogP contribution in [0.1, 0.15) is 43.7 Å². The third kappa shape index (κ3) is 3.91. The van der Waals surface area contributed by atoms with E-state index in [0.29, 0.717) is 6.10 Å². The first-order valence-corrected chi connectivity index (χ1v) is 7.15. The molecule has 0 saturated carbocycles. The van der Waals surface area contributed by atoms with Crippen molar-refractivity contribution >= 4 is 0 Å². The lowest BCUT2D eigenvalue weighted by Crippen LogP contribution is -2.28. The summed E-state index contributed by atoms with van der Waals surface area (Å²) in [4.78, 5) is 0. The molecule has 1 saturated heterocycles. The smallest absolute Gasteiger partial charge is 0.165 e. The lowest BCUT2D eigenvalue weighted by atomic mass is 9.99. The van der Waals surface area contributed by atoms with Gasteiger partial charge < -0.3 is 9.47 Å². The minimum absolute atomic E-state index is 0.00547. The molecule has 0 spiro atoms. The van der Waals surface area contributed by atoms with Gasteiger partial charge in [-0.05, 0) is 49.8 Å². The van der Waals surface area contributed by atoms with E-state index in [2.05, 4.69) is 5.43 Å². The fourth-order valence-corrected chi connectivity index (χ4v) is 2.66. The van der Waals surface area contributed by atoms with Crippen molar-refractivity contribution in [3.8, 4) is 5.75 Å². The SMILES string of the molecule is COc1cc(C(CCCC2CCCO2)NN)ccc1F. The zero-order valence-electron chi connectivity index (χ0n) is 11.9. The summed E-state index contributed by atoms with van der Waals surface area (Å²) in [6, 6.07) is 4.87. The van der Waals surface area contributed by atoms with Crippen LogP contribution in [0.2, 0.25) is 0 Å². The quantitative estimate of drug-likeness (QED) is 0.596. The third-order valence-electron chi connectivity index (χ3n) is 3.82. The van der Waals surface area contributed by atoms with Crippen LogP contribution in [-0.4, -0.2) is 19.8 Å². The number of nitrogens with two attached hydrogens (primary N) is 1. The minimum Gasteiger partial charge on any atom is -0.494 e. The molecule has 112 valence electrons. The highest BCUT2D eigenvalue weighted by molar-refractivity contribution is 5.32. The van der Waals surface area contributed by atoms with E-state index in [4.69, 9.17) is 15.3 Å². The Kier molecular flexibility index (Phi) is 5.76. The molecule has 0 aromatic heterocycles. The van der Waals surface area contributed by atoms with Gasteiger partial charge in [0, 0.05) is 12.6 Å². The second-order valence-corrected chi connectivity index (χ2v) is 5.18. The van der Waals surface area contributed by atoms with E-state index in [1.165, 1.54) is 19.6 Å². The van der Waals surface area contributed by atoms with Crippen LogP contribution in [0, 0.1) is 5.82 Å². The van der Waals surface area contributed by atoms with Crippen molar-refractivity contribution in [2.45, 2.75) is 44.2 Å². The number of methoxy groups -OCH3 is 1. The van der Waals surface area contributed by atoms with Gasteiger partial charge in [-0.1, -0.05) is 6.07 Å². The average Bonchev–Trinajstić information content (AvgIpc) is 2.98. The average molecular weight is 282 g/mol. The summed E-state index contributed by atoms with van der Waals surface area (Å²) in [5.74, 6) is 5.51. The van der Waals surface area contributed by atoms with E-state index in [1.807, 2.05) is 0 Å². The standard InChI is InChI=1S/C15H23FN2O2/c1-19-15-10-11(7-8-13(15)16)14(18-17)6-2-4-12-5-3-9-20-12/h7-8,10,12,14,18H,2-6,9,17H2,1H3. The second-order valence-electron chi connectivity index (χ2n) is 5.18. The number of nitrogens with one attached hydrogen (secondary N) is 1. The Hall–Kier alpha value is -1.17. The van der Waals surface area contributed by atoms with Crippen LogP contribution < -0.4 is 16.0 Å². The second kappa shape index (κ2) is 7.57. The summed E-state index contributed by atoms with van der Waals surface area (Å²) >= 11 is 0. The zero-order chi connectivity index (χ0) is 14.4. The van der Waals surface area contributed by atoms with Gasteiger partial charge in [-0.2, -0.15) is 0 Å². The summed E-state index contributed by atoms with van der Waals surface area (Å²) in [5, 5.41) is 0. The van der Waals surface area contributed by atoms with Gasteiger partial charge in [-0.3, -0.25) is 11.3 Å². The number of ether oxygens (including phenoxy) is 2. The molecule has 20 heavy (non-hydrogen) atoms. The molecule has 1 aliphatic rings. The number of hydrogen-bond donors (Lipinski definition) is 2. The zero-order valence-corrected chi connectivity index (χ0v) is 11.9. The highest BCUT2D eigenvalue weighted by atomic mass is 19.1. The Bertz CT molecular complexity index is 422. The van der Waals surface area contributed by atoms with E-state index < -0.39 is 0 Å². The normalized spacial score (nSPS) is 20.1. The summed E-state index contributed by atoms with van der Waals surface area (Å²) < 4.78 is 24.0. The molecule has 0 bridgehead atoms. The number of halogens is 1. The van der Waals surface area contributed by atoms with Gasteiger partial charge in [0.2, 0.25) is 0 Å². The third-order valence-corrected chi connectivity index (χ3v) is 3.82. The Morgan fingerprint density at radius 2 is 2.40 bits per heavy atom. The molecule has 1 fully saturated rings. The maximum atomic E-state index is 13.4. The van der Waals surface area contributed by atoms with E-state index in [9.17, 15) is 4.39 Å². The summed E-state index contributed by atoms with van der Waals surface area (Å²) in [6.45, 7) is 0.887. The Morgan fingerprint density at radius 3 is 3.05 bits per heavy atom. The van der Waals surface area contributed by atoms with E-state index in [-0.39, 0.29) is 17.6 Å². The van der Waals surface area contributed by atoms with Crippen LogP contribution in [0.15, 0.2) is 18.2 Å². The van der Waals surface area contributed by atoms with Crippen molar-refractivity contribution in [3.05, 3.63) is 29.6 Å². The van der Waals surface area contributed by atoms with E-state index >= 15 is 0 Å². The molecule has 1 aromatic rings. The molecular weight excluding hydrogens is 259 g/mol.